The molecule has 0 spiro atoms. The lowest BCUT2D eigenvalue weighted by molar-refractivity contribution is 0.402. The highest BCUT2D eigenvalue weighted by atomic mass is 79.9. The Labute approximate surface area is 202 Å². The normalized spacial score (nSPS) is 14.2. The number of aromatic nitrogens is 4. The van der Waals surface area contributed by atoms with Gasteiger partial charge in [-0.1, -0.05) is 46.3 Å². The maximum atomic E-state index is 6.34. The van der Waals surface area contributed by atoms with Crippen molar-refractivity contribution in [2.24, 2.45) is 5.73 Å². The van der Waals surface area contributed by atoms with E-state index in [-0.39, 0.29) is 15.8 Å². The smallest absolute Gasteiger partial charge is 0.231 e. The van der Waals surface area contributed by atoms with E-state index in [0.29, 0.717) is 17.6 Å². The second-order valence-corrected chi connectivity index (χ2v) is 9.01. The summed E-state index contributed by atoms with van der Waals surface area (Å²) < 4.78 is 9.34. The Bertz CT molecular complexity index is 1420. The van der Waals surface area contributed by atoms with Crippen molar-refractivity contribution in [3.8, 4) is 17.4 Å². The number of anilines is 1. The summed E-state index contributed by atoms with van der Waals surface area (Å²) in [5, 5.41) is 7.92. The number of nitrogens with one attached hydrogen (secondary N) is 2. The van der Waals surface area contributed by atoms with Crippen LogP contribution in [0.5, 0.6) is 11.8 Å². The third-order valence-electron chi connectivity index (χ3n) is 5.20. The zero-order chi connectivity index (χ0) is 22.4. The Morgan fingerprint density at radius 3 is 2.69 bits per heavy atom. The predicted octanol–water partition coefficient (Wildman–Crippen LogP) is 5.34. The molecule has 3 heterocycles. The van der Waals surface area contributed by atoms with Crippen molar-refractivity contribution < 1.29 is 4.74 Å². The van der Waals surface area contributed by atoms with E-state index in [4.69, 9.17) is 40.0 Å². The van der Waals surface area contributed by atoms with Crippen LogP contribution in [0, 0.1) is 11.7 Å². The van der Waals surface area contributed by atoms with Crippen LogP contribution in [0.15, 0.2) is 59.1 Å². The zero-order valence-corrected chi connectivity index (χ0v) is 20.0. The third kappa shape index (κ3) is 3.60. The molecule has 1 atom stereocenters. The van der Waals surface area contributed by atoms with Crippen LogP contribution in [0.25, 0.3) is 5.69 Å². The van der Waals surface area contributed by atoms with Crippen molar-refractivity contribution in [3.63, 3.8) is 0 Å². The van der Waals surface area contributed by atoms with Gasteiger partial charge in [0.1, 0.15) is 5.82 Å². The van der Waals surface area contributed by atoms with E-state index in [1.165, 1.54) is 0 Å². The van der Waals surface area contributed by atoms with E-state index in [9.17, 15) is 0 Å². The number of aromatic amines is 1. The third-order valence-corrected chi connectivity index (χ3v) is 5.99. The summed E-state index contributed by atoms with van der Waals surface area (Å²) >= 11 is 14.0. The SMILES string of the molecule is Cc1nn(-c2ccccc2)c2c1C(c1cccc(Br)c1)c1c(nc(=S)[nH]c1NC(N)=S)O2. The summed E-state index contributed by atoms with van der Waals surface area (Å²) in [6.45, 7) is 1.97. The first-order chi connectivity index (χ1) is 15.4. The Balaban J connectivity index is 1.82. The van der Waals surface area contributed by atoms with Gasteiger partial charge in [-0.15, -0.1) is 0 Å². The minimum Gasteiger partial charge on any atom is -0.420 e. The molecule has 32 heavy (non-hydrogen) atoms. The van der Waals surface area contributed by atoms with Crippen molar-refractivity contribution in [3.05, 3.63) is 86.2 Å². The Morgan fingerprint density at radius 1 is 1.19 bits per heavy atom. The molecule has 5 rings (SSSR count). The number of para-hydroxylation sites is 1. The van der Waals surface area contributed by atoms with Crippen LogP contribution in [0.1, 0.15) is 28.3 Å². The molecule has 1 unspecified atom stereocenters. The number of thiocarbonyl (C=S) groups is 1. The average Bonchev–Trinajstić information content (AvgIpc) is 3.08. The highest BCUT2D eigenvalue weighted by Gasteiger charge is 2.38. The lowest BCUT2D eigenvalue weighted by atomic mass is 9.84. The molecule has 0 bridgehead atoms. The Hall–Kier alpha value is -3.08. The van der Waals surface area contributed by atoms with Gasteiger partial charge in [-0.2, -0.15) is 10.1 Å². The number of hydrogen-bond donors (Lipinski definition) is 3. The van der Waals surface area contributed by atoms with Gasteiger partial charge in [0.15, 0.2) is 5.11 Å². The van der Waals surface area contributed by atoms with Gasteiger partial charge in [0.05, 0.1) is 28.4 Å². The summed E-state index contributed by atoms with van der Waals surface area (Å²) in [7, 11) is 0. The molecule has 160 valence electrons. The van der Waals surface area contributed by atoms with Crippen molar-refractivity contribution in [1.29, 1.82) is 0 Å². The molecule has 0 saturated carbocycles. The first-order valence-electron chi connectivity index (χ1n) is 9.71. The number of nitrogens with zero attached hydrogens (tertiary/aromatic N) is 3. The van der Waals surface area contributed by atoms with Crippen LogP contribution in [-0.4, -0.2) is 24.9 Å². The number of rotatable bonds is 3. The lowest BCUT2D eigenvalue weighted by Crippen LogP contribution is -2.24. The van der Waals surface area contributed by atoms with Gasteiger partial charge >= 0.3 is 0 Å². The largest absolute Gasteiger partial charge is 0.420 e. The van der Waals surface area contributed by atoms with E-state index in [1.54, 1.807) is 4.68 Å². The van der Waals surface area contributed by atoms with Crippen LogP contribution >= 0.6 is 40.4 Å². The molecule has 2 aromatic heterocycles. The average molecular weight is 525 g/mol. The quantitative estimate of drug-likeness (QED) is 0.274. The number of H-pyrrole nitrogens is 1. The molecule has 0 aliphatic carbocycles. The number of halogens is 1. The first-order valence-corrected chi connectivity index (χ1v) is 11.3. The van der Waals surface area contributed by atoms with Gasteiger partial charge in [-0.05, 0) is 61.2 Å². The summed E-state index contributed by atoms with van der Waals surface area (Å²) in [5.41, 5.74) is 10.2. The Kier molecular flexibility index (Phi) is 5.28. The number of benzene rings is 2. The van der Waals surface area contributed by atoms with Gasteiger partial charge in [-0.25, -0.2) is 4.68 Å². The van der Waals surface area contributed by atoms with Gasteiger partial charge in [0, 0.05) is 4.47 Å². The van der Waals surface area contributed by atoms with Crippen molar-refractivity contribution >= 4 is 51.3 Å². The molecule has 2 aromatic carbocycles. The summed E-state index contributed by atoms with van der Waals surface area (Å²) in [4.78, 5) is 7.56. The molecule has 0 fully saturated rings. The fraction of sp³-hybridized carbons (Fsp3) is 0.0909. The highest BCUT2D eigenvalue weighted by molar-refractivity contribution is 9.10. The molecule has 1 aliphatic heterocycles. The molecule has 10 heteroatoms. The molecule has 0 amide bonds. The first kappa shape index (κ1) is 20.8. The predicted molar refractivity (Wildman–Crippen MR) is 133 cm³/mol. The molecule has 4 N–H and O–H groups in total. The monoisotopic (exact) mass is 524 g/mol. The minimum absolute atomic E-state index is 0.111. The number of ether oxygens (including phenoxy) is 1. The van der Waals surface area contributed by atoms with E-state index >= 15 is 0 Å². The van der Waals surface area contributed by atoms with Crippen LogP contribution in [0.4, 0.5) is 5.82 Å². The summed E-state index contributed by atoms with van der Waals surface area (Å²) in [6.07, 6.45) is 0. The Morgan fingerprint density at radius 2 is 1.97 bits per heavy atom. The van der Waals surface area contributed by atoms with E-state index in [0.717, 1.165) is 32.5 Å². The number of fused-ring (bicyclic) bond motifs is 2. The topological polar surface area (TPSA) is 93.8 Å². The lowest BCUT2D eigenvalue weighted by Gasteiger charge is -2.28. The summed E-state index contributed by atoms with van der Waals surface area (Å²) in [6, 6.07) is 17.9. The van der Waals surface area contributed by atoms with E-state index < -0.39 is 0 Å². The van der Waals surface area contributed by atoms with Crippen LogP contribution in [-0.2, 0) is 0 Å². The molecule has 7 nitrogen and oxygen atoms in total. The fourth-order valence-corrected chi connectivity index (χ4v) is 4.68. The molecular weight excluding hydrogens is 508 g/mol. The summed E-state index contributed by atoms with van der Waals surface area (Å²) in [5.74, 6) is 1.28. The standard InChI is InChI=1S/C22H17BrN6OS2/c1-11-15-16(12-6-5-7-13(23)10-12)17-18(25-21(24)31)26-22(32)27-19(17)30-20(15)29(28-11)14-8-3-2-4-9-14/h2-10,16H,1H3,(H4,24,25,26,27,31,32). The van der Waals surface area contributed by atoms with Crippen molar-refractivity contribution in [1.82, 2.24) is 19.7 Å². The highest BCUT2D eigenvalue weighted by Crippen LogP contribution is 2.50. The van der Waals surface area contributed by atoms with Crippen molar-refractivity contribution in [2.75, 3.05) is 5.32 Å². The maximum absolute atomic E-state index is 6.34. The van der Waals surface area contributed by atoms with Gasteiger partial charge in [0.25, 0.3) is 0 Å². The zero-order valence-electron chi connectivity index (χ0n) is 16.8. The van der Waals surface area contributed by atoms with E-state index in [1.807, 2.05) is 49.4 Å². The van der Waals surface area contributed by atoms with Crippen LogP contribution in [0.2, 0.25) is 0 Å². The van der Waals surface area contributed by atoms with Crippen molar-refractivity contribution in [2.45, 2.75) is 12.8 Å². The second-order valence-electron chi connectivity index (χ2n) is 7.27. The number of hydrogen-bond acceptors (Lipinski definition) is 5. The van der Waals surface area contributed by atoms with Crippen LogP contribution in [0.3, 0.4) is 0 Å². The molecule has 4 aromatic rings. The number of aryl methyl sites for hydroxylation is 1. The van der Waals surface area contributed by atoms with Gasteiger partial charge in [-0.3, -0.25) is 0 Å². The minimum atomic E-state index is -0.250. The maximum Gasteiger partial charge on any atom is 0.231 e. The molecule has 1 aliphatic rings. The number of nitrogens with two attached hydrogens (primary N) is 1. The molecular formula is C22H17BrN6OS2. The van der Waals surface area contributed by atoms with Gasteiger partial charge in [0.2, 0.25) is 16.5 Å². The van der Waals surface area contributed by atoms with E-state index in [2.05, 4.69) is 43.3 Å². The molecule has 0 saturated heterocycles. The second kappa shape index (κ2) is 8.12. The van der Waals surface area contributed by atoms with Crippen LogP contribution < -0.4 is 15.8 Å². The van der Waals surface area contributed by atoms with Gasteiger partial charge < -0.3 is 20.8 Å². The molecule has 0 radical (unpaired) electrons. The fourth-order valence-electron chi connectivity index (χ4n) is 3.98.